The van der Waals surface area contributed by atoms with Gasteiger partial charge in [0.25, 0.3) is 0 Å². The van der Waals surface area contributed by atoms with Gasteiger partial charge >= 0.3 is 6.18 Å². The van der Waals surface area contributed by atoms with Crippen molar-refractivity contribution in [3.63, 3.8) is 0 Å². The minimum absolute atomic E-state index is 0.145. The molecular weight excluding hydrogens is 443 g/mol. The van der Waals surface area contributed by atoms with E-state index in [0.29, 0.717) is 18.5 Å². The normalized spacial score (nSPS) is 13.1. The van der Waals surface area contributed by atoms with Gasteiger partial charge in [0.05, 0.1) is 23.6 Å². The summed E-state index contributed by atoms with van der Waals surface area (Å²) in [7, 11) is 3.51. The Hall–Kier alpha value is -3.46. The van der Waals surface area contributed by atoms with Crippen molar-refractivity contribution in [1.29, 1.82) is 0 Å². The molecule has 1 aliphatic heterocycles. The summed E-state index contributed by atoms with van der Waals surface area (Å²) in [6, 6.07) is 10.2. The molecule has 9 heteroatoms. The van der Waals surface area contributed by atoms with Gasteiger partial charge in [-0.25, -0.2) is 9.97 Å². The maximum atomic E-state index is 12.6. The van der Waals surface area contributed by atoms with Crippen molar-refractivity contribution in [2.75, 3.05) is 30.9 Å². The van der Waals surface area contributed by atoms with Crippen molar-refractivity contribution in [1.82, 2.24) is 14.9 Å². The van der Waals surface area contributed by atoms with Crippen LogP contribution >= 0.6 is 0 Å². The molecule has 0 atom stereocenters. The number of rotatable bonds is 5. The van der Waals surface area contributed by atoms with E-state index >= 15 is 0 Å². The Morgan fingerprint density at radius 2 is 1.82 bits per heavy atom. The van der Waals surface area contributed by atoms with Gasteiger partial charge in [0.2, 0.25) is 6.41 Å². The molecule has 0 fully saturated rings. The number of carbonyl (C=O) groups excluding carboxylic acids is 1. The molecule has 0 bridgehead atoms. The molecule has 180 valence electrons. The SMILES string of the molecule is CN(C)Cc1cc(NC=O)cc(C(F)(F)F)c1.Cc1ccc2c(c1)CN(c1cncnc1)CC2. The van der Waals surface area contributed by atoms with E-state index in [-0.39, 0.29) is 5.69 Å². The summed E-state index contributed by atoms with van der Waals surface area (Å²) in [6.45, 7) is 4.52. The van der Waals surface area contributed by atoms with Crippen LogP contribution in [0.1, 0.15) is 27.8 Å². The van der Waals surface area contributed by atoms with Crippen LogP contribution in [0.2, 0.25) is 0 Å². The third-order valence-corrected chi connectivity index (χ3v) is 5.33. The van der Waals surface area contributed by atoms with Crippen LogP contribution in [-0.2, 0) is 30.5 Å². The van der Waals surface area contributed by atoms with Crippen LogP contribution in [0.15, 0.2) is 55.1 Å². The fourth-order valence-corrected chi connectivity index (χ4v) is 3.82. The summed E-state index contributed by atoms with van der Waals surface area (Å²) in [6.07, 6.45) is 2.38. The first kappa shape index (κ1) is 25.2. The summed E-state index contributed by atoms with van der Waals surface area (Å²) in [4.78, 5) is 22.5. The van der Waals surface area contributed by atoms with Gasteiger partial charge in [0.1, 0.15) is 6.33 Å². The molecule has 2 heterocycles. The Morgan fingerprint density at radius 1 is 1.09 bits per heavy atom. The molecule has 0 aliphatic carbocycles. The van der Waals surface area contributed by atoms with Crippen LogP contribution in [-0.4, -0.2) is 41.9 Å². The topological polar surface area (TPSA) is 61.4 Å². The third-order valence-electron chi connectivity index (χ3n) is 5.33. The van der Waals surface area contributed by atoms with Gasteiger partial charge in [-0.1, -0.05) is 23.8 Å². The number of anilines is 2. The van der Waals surface area contributed by atoms with E-state index in [1.807, 2.05) is 12.4 Å². The van der Waals surface area contributed by atoms with Crippen molar-refractivity contribution in [3.8, 4) is 0 Å². The highest BCUT2D eigenvalue weighted by Gasteiger charge is 2.31. The predicted octanol–water partition coefficient (Wildman–Crippen LogP) is 4.68. The second kappa shape index (κ2) is 11.1. The maximum absolute atomic E-state index is 12.6. The van der Waals surface area contributed by atoms with Gasteiger partial charge in [-0.3, -0.25) is 4.79 Å². The van der Waals surface area contributed by atoms with Gasteiger partial charge < -0.3 is 15.1 Å². The van der Waals surface area contributed by atoms with Crippen LogP contribution in [0.3, 0.4) is 0 Å². The summed E-state index contributed by atoms with van der Waals surface area (Å²) in [5.41, 5.74) is 5.22. The van der Waals surface area contributed by atoms with Gasteiger partial charge in [-0.2, -0.15) is 13.2 Å². The summed E-state index contributed by atoms with van der Waals surface area (Å²) >= 11 is 0. The Bertz CT molecular complexity index is 1100. The first-order valence-electron chi connectivity index (χ1n) is 10.8. The highest BCUT2D eigenvalue weighted by atomic mass is 19.4. The van der Waals surface area contributed by atoms with Crippen molar-refractivity contribution < 1.29 is 18.0 Å². The highest BCUT2D eigenvalue weighted by molar-refractivity contribution is 5.72. The second-order valence-corrected chi connectivity index (χ2v) is 8.46. The molecule has 3 aromatic rings. The van der Waals surface area contributed by atoms with E-state index in [9.17, 15) is 18.0 Å². The average molecular weight is 472 g/mol. The lowest BCUT2D eigenvalue weighted by Crippen LogP contribution is -2.30. The van der Waals surface area contributed by atoms with E-state index in [1.165, 1.54) is 22.8 Å². The maximum Gasteiger partial charge on any atom is 0.416 e. The molecule has 1 amide bonds. The molecule has 0 radical (unpaired) electrons. The van der Waals surface area contributed by atoms with E-state index < -0.39 is 11.7 Å². The predicted molar refractivity (Wildman–Crippen MR) is 126 cm³/mol. The molecule has 1 aliphatic rings. The first-order chi connectivity index (χ1) is 16.2. The lowest BCUT2D eigenvalue weighted by atomic mass is 9.97. The van der Waals surface area contributed by atoms with E-state index in [4.69, 9.17) is 0 Å². The van der Waals surface area contributed by atoms with E-state index in [2.05, 4.69) is 45.3 Å². The first-order valence-corrected chi connectivity index (χ1v) is 10.8. The zero-order valence-corrected chi connectivity index (χ0v) is 19.4. The molecule has 1 aromatic heterocycles. The number of hydrogen-bond donors (Lipinski definition) is 1. The molecule has 0 unspecified atom stereocenters. The van der Waals surface area contributed by atoms with Gasteiger partial charge in [0.15, 0.2) is 0 Å². The number of fused-ring (bicyclic) bond motifs is 1. The fraction of sp³-hybridized carbons (Fsp3) is 0.320. The molecule has 0 saturated carbocycles. The minimum atomic E-state index is -4.42. The molecule has 2 aromatic carbocycles. The Morgan fingerprint density at radius 3 is 2.47 bits per heavy atom. The average Bonchev–Trinajstić information content (AvgIpc) is 2.79. The van der Waals surface area contributed by atoms with Gasteiger partial charge in [0, 0.05) is 25.3 Å². The summed E-state index contributed by atoms with van der Waals surface area (Å²) in [5, 5.41) is 2.23. The van der Waals surface area contributed by atoms with Crippen molar-refractivity contribution in [2.24, 2.45) is 0 Å². The molecule has 1 N–H and O–H groups in total. The smallest absolute Gasteiger partial charge is 0.364 e. The second-order valence-electron chi connectivity index (χ2n) is 8.46. The molecular formula is C25H28F3N5O. The fourth-order valence-electron chi connectivity index (χ4n) is 3.82. The number of aromatic nitrogens is 2. The van der Waals surface area contributed by atoms with Crippen LogP contribution in [0.5, 0.6) is 0 Å². The minimum Gasteiger partial charge on any atom is -0.364 e. The zero-order chi connectivity index (χ0) is 24.7. The number of aryl methyl sites for hydroxylation is 1. The quantitative estimate of drug-likeness (QED) is 0.548. The highest BCUT2D eigenvalue weighted by Crippen LogP contribution is 2.32. The molecule has 6 nitrogen and oxygen atoms in total. The standard InChI is InChI=1S/C14H15N3.C11H13F3N2O/c1-11-2-3-12-4-5-17(9-13(12)6-11)14-7-15-10-16-8-14;1-16(2)6-8-3-9(11(12,13)14)5-10(4-8)15-7-17/h2-3,6-8,10H,4-5,9H2,1H3;3-5,7H,6H2,1-2H3,(H,15,17). The van der Waals surface area contributed by atoms with E-state index in [1.54, 1.807) is 25.3 Å². The monoisotopic (exact) mass is 471 g/mol. The van der Waals surface area contributed by atoms with Crippen LogP contribution in [0.4, 0.5) is 24.5 Å². The number of nitrogens with zero attached hydrogens (tertiary/aromatic N) is 4. The van der Waals surface area contributed by atoms with Crippen LogP contribution in [0.25, 0.3) is 0 Å². The number of hydrogen-bond acceptors (Lipinski definition) is 5. The number of halogens is 3. The van der Waals surface area contributed by atoms with Crippen molar-refractivity contribution in [3.05, 3.63) is 82.9 Å². The van der Waals surface area contributed by atoms with Gasteiger partial charge in [-0.05, 0) is 62.3 Å². The number of nitrogens with one attached hydrogen (secondary N) is 1. The van der Waals surface area contributed by atoms with Crippen LogP contribution in [0, 0.1) is 6.92 Å². The molecule has 0 saturated heterocycles. The lowest BCUT2D eigenvalue weighted by molar-refractivity contribution is -0.137. The van der Waals surface area contributed by atoms with Crippen molar-refractivity contribution >= 4 is 17.8 Å². The van der Waals surface area contributed by atoms with Gasteiger partial charge in [-0.15, -0.1) is 0 Å². The third kappa shape index (κ3) is 7.02. The Labute approximate surface area is 197 Å². The molecule has 34 heavy (non-hydrogen) atoms. The number of alkyl halides is 3. The zero-order valence-electron chi connectivity index (χ0n) is 19.4. The Balaban J connectivity index is 0.000000191. The lowest BCUT2D eigenvalue weighted by Gasteiger charge is -2.30. The summed E-state index contributed by atoms with van der Waals surface area (Å²) in [5.74, 6) is 0. The van der Waals surface area contributed by atoms with Crippen molar-refractivity contribution in [2.45, 2.75) is 32.6 Å². The van der Waals surface area contributed by atoms with Crippen LogP contribution < -0.4 is 10.2 Å². The summed E-state index contributed by atoms with van der Waals surface area (Å²) < 4.78 is 37.8. The number of benzene rings is 2. The largest absolute Gasteiger partial charge is 0.416 e. The van der Waals surface area contributed by atoms with E-state index in [0.717, 1.165) is 37.3 Å². The number of amides is 1. The molecule has 4 rings (SSSR count). The Kier molecular flexibility index (Phi) is 8.22. The molecule has 0 spiro atoms. The number of carbonyl (C=O) groups is 1.